The standard InChI is InChI=1S/C16H21ClN2O2.ClH/c17-13-4-1-5-14(9-13)21-15-10-19(11-15)16(20)12-3-2-7-18-8-6-12;/h1,4-5,9,12,15,18H,2-3,6-8,10-11H2;1H. The summed E-state index contributed by atoms with van der Waals surface area (Å²) in [6, 6.07) is 7.40. The van der Waals surface area contributed by atoms with Gasteiger partial charge in [-0.15, -0.1) is 12.4 Å². The maximum absolute atomic E-state index is 12.4. The van der Waals surface area contributed by atoms with Crippen LogP contribution in [-0.2, 0) is 4.79 Å². The molecule has 122 valence electrons. The molecule has 1 unspecified atom stereocenters. The highest BCUT2D eigenvalue weighted by atomic mass is 35.5. The fraction of sp³-hybridized carbons (Fsp3) is 0.562. The summed E-state index contributed by atoms with van der Waals surface area (Å²) in [6.07, 6.45) is 3.14. The number of ether oxygens (including phenoxy) is 1. The summed E-state index contributed by atoms with van der Waals surface area (Å²) < 4.78 is 5.83. The Labute approximate surface area is 142 Å². The number of nitrogens with one attached hydrogen (secondary N) is 1. The molecule has 1 N–H and O–H groups in total. The number of carbonyl (C=O) groups excluding carboxylic acids is 1. The van der Waals surface area contributed by atoms with Gasteiger partial charge >= 0.3 is 0 Å². The van der Waals surface area contributed by atoms with Crippen molar-refractivity contribution in [2.45, 2.75) is 25.4 Å². The number of hydrogen-bond acceptors (Lipinski definition) is 3. The van der Waals surface area contributed by atoms with E-state index in [-0.39, 0.29) is 24.4 Å². The van der Waals surface area contributed by atoms with Gasteiger partial charge in [0.05, 0.1) is 13.1 Å². The molecule has 0 radical (unpaired) electrons. The minimum Gasteiger partial charge on any atom is -0.487 e. The lowest BCUT2D eigenvalue weighted by molar-refractivity contribution is -0.144. The first-order valence-corrected chi connectivity index (χ1v) is 8.02. The second-order valence-electron chi connectivity index (χ2n) is 5.82. The second-order valence-corrected chi connectivity index (χ2v) is 6.25. The highest BCUT2D eigenvalue weighted by molar-refractivity contribution is 6.30. The molecule has 3 rings (SSSR count). The van der Waals surface area contributed by atoms with E-state index in [1.807, 2.05) is 29.2 Å². The maximum Gasteiger partial charge on any atom is 0.225 e. The van der Waals surface area contributed by atoms with Gasteiger partial charge in [0.1, 0.15) is 11.9 Å². The molecule has 0 aromatic heterocycles. The van der Waals surface area contributed by atoms with Crippen LogP contribution in [0.1, 0.15) is 19.3 Å². The Morgan fingerprint density at radius 2 is 2.09 bits per heavy atom. The van der Waals surface area contributed by atoms with Crippen molar-refractivity contribution in [2.75, 3.05) is 26.2 Å². The molecule has 1 aromatic rings. The largest absolute Gasteiger partial charge is 0.487 e. The Morgan fingerprint density at radius 1 is 1.27 bits per heavy atom. The highest BCUT2D eigenvalue weighted by Crippen LogP contribution is 2.24. The van der Waals surface area contributed by atoms with Crippen molar-refractivity contribution in [2.24, 2.45) is 5.92 Å². The zero-order chi connectivity index (χ0) is 14.7. The summed E-state index contributed by atoms with van der Waals surface area (Å²) in [5.74, 6) is 1.26. The number of hydrogen-bond donors (Lipinski definition) is 1. The molecule has 2 fully saturated rings. The number of carbonyl (C=O) groups is 1. The van der Waals surface area contributed by atoms with E-state index in [0.717, 1.165) is 38.1 Å². The Morgan fingerprint density at radius 3 is 2.86 bits per heavy atom. The average molecular weight is 345 g/mol. The van der Waals surface area contributed by atoms with E-state index in [9.17, 15) is 4.79 Å². The number of halogens is 2. The summed E-state index contributed by atoms with van der Waals surface area (Å²) in [4.78, 5) is 14.3. The van der Waals surface area contributed by atoms with Crippen LogP contribution in [-0.4, -0.2) is 43.1 Å². The molecule has 1 amide bonds. The third-order valence-electron chi connectivity index (χ3n) is 4.18. The smallest absolute Gasteiger partial charge is 0.225 e. The van der Waals surface area contributed by atoms with Crippen LogP contribution in [0, 0.1) is 5.92 Å². The van der Waals surface area contributed by atoms with Gasteiger partial charge in [0.15, 0.2) is 0 Å². The minimum absolute atomic E-state index is 0. The van der Waals surface area contributed by atoms with Crippen LogP contribution in [0.2, 0.25) is 5.02 Å². The number of amides is 1. The third kappa shape index (κ3) is 4.28. The van der Waals surface area contributed by atoms with E-state index in [0.29, 0.717) is 24.0 Å². The lowest BCUT2D eigenvalue weighted by Gasteiger charge is -2.40. The van der Waals surface area contributed by atoms with Crippen molar-refractivity contribution in [1.82, 2.24) is 10.2 Å². The molecule has 4 nitrogen and oxygen atoms in total. The fourth-order valence-corrected chi connectivity index (χ4v) is 3.13. The lowest BCUT2D eigenvalue weighted by Crippen LogP contribution is -2.57. The van der Waals surface area contributed by atoms with Crippen LogP contribution in [0.3, 0.4) is 0 Å². The molecule has 1 atom stereocenters. The summed E-state index contributed by atoms with van der Waals surface area (Å²) in [5, 5.41) is 4.02. The van der Waals surface area contributed by atoms with Crippen molar-refractivity contribution in [1.29, 1.82) is 0 Å². The van der Waals surface area contributed by atoms with Crippen LogP contribution in [0.15, 0.2) is 24.3 Å². The zero-order valence-electron chi connectivity index (χ0n) is 12.5. The van der Waals surface area contributed by atoms with Gasteiger partial charge in [-0.05, 0) is 50.6 Å². The lowest BCUT2D eigenvalue weighted by atomic mass is 9.97. The highest BCUT2D eigenvalue weighted by Gasteiger charge is 2.35. The monoisotopic (exact) mass is 344 g/mol. The molecule has 0 saturated carbocycles. The number of likely N-dealkylation sites (tertiary alicyclic amines) is 1. The van der Waals surface area contributed by atoms with Gasteiger partial charge in [-0.1, -0.05) is 17.7 Å². The van der Waals surface area contributed by atoms with Crippen molar-refractivity contribution in [3.05, 3.63) is 29.3 Å². The quantitative estimate of drug-likeness (QED) is 0.916. The van der Waals surface area contributed by atoms with E-state index in [4.69, 9.17) is 16.3 Å². The Hall–Kier alpha value is -0.970. The molecule has 2 aliphatic heterocycles. The maximum atomic E-state index is 12.4. The van der Waals surface area contributed by atoms with Gasteiger partial charge in [0.25, 0.3) is 0 Å². The topological polar surface area (TPSA) is 41.6 Å². The van der Waals surface area contributed by atoms with Crippen molar-refractivity contribution < 1.29 is 9.53 Å². The van der Waals surface area contributed by atoms with Crippen molar-refractivity contribution in [3.63, 3.8) is 0 Å². The predicted molar refractivity (Wildman–Crippen MR) is 89.9 cm³/mol. The first-order chi connectivity index (χ1) is 10.2. The normalized spacial score (nSPS) is 22.2. The van der Waals surface area contributed by atoms with Crippen LogP contribution in [0.25, 0.3) is 0 Å². The summed E-state index contributed by atoms with van der Waals surface area (Å²) in [5.41, 5.74) is 0. The van der Waals surface area contributed by atoms with Crippen molar-refractivity contribution >= 4 is 29.9 Å². The van der Waals surface area contributed by atoms with Crippen molar-refractivity contribution in [3.8, 4) is 5.75 Å². The van der Waals surface area contributed by atoms with Crippen LogP contribution >= 0.6 is 24.0 Å². The molecule has 22 heavy (non-hydrogen) atoms. The predicted octanol–water partition coefficient (Wildman–Crippen LogP) is 2.74. The minimum atomic E-state index is 0. The van der Waals surface area contributed by atoms with Gasteiger partial charge in [0, 0.05) is 10.9 Å². The summed E-state index contributed by atoms with van der Waals surface area (Å²) in [6.45, 7) is 3.36. The van der Waals surface area contributed by atoms with E-state index in [2.05, 4.69) is 5.32 Å². The van der Waals surface area contributed by atoms with Gasteiger partial charge in [-0.3, -0.25) is 4.79 Å². The number of nitrogens with zero attached hydrogens (tertiary/aromatic N) is 1. The number of benzene rings is 1. The molecular weight excluding hydrogens is 323 g/mol. The SMILES string of the molecule is Cl.O=C(C1CCCNCC1)N1CC(Oc2cccc(Cl)c2)C1. The van der Waals surface area contributed by atoms with Crippen LogP contribution in [0.4, 0.5) is 0 Å². The molecule has 6 heteroatoms. The molecule has 0 bridgehead atoms. The summed E-state index contributed by atoms with van der Waals surface area (Å²) in [7, 11) is 0. The number of rotatable bonds is 3. The first-order valence-electron chi connectivity index (χ1n) is 7.64. The van der Waals surface area contributed by atoms with E-state index in [1.54, 1.807) is 0 Å². The van der Waals surface area contributed by atoms with Gasteiger partial charge < -0.3 is 15.0 Å². The van der Waals surface area contributed by atoms with Crippen LogP contribution < -0.4 is 10.1 Å². The van der Waals surface area contributed by atoms with Gasteiger partial charge in [-0.25, -0.2) is 0 Å². The third-order valence-corrected chi connectivity index (χ3v) is 4.42. The average Bonchev–Trinajstić information content (AvgIpc) is 2.71. The van der Waals surface area contributed by atoms with Crippen LogP contribution in [0.5, 0.6) is 5.75 Å². The Bertz CT molecular complexity index is 499. The van der Waals surface area contributed by atoms with E-state index in [1.165, 1.54) is 0 Å². The molecular formula is C16H22Cl2N2O2. The molecule has 2 saturated heterocycles. The fourth-order valence-electron chi connectivity index (χ4n) is 2.95. The molecule has 2 heterocycles. The van der Waals surface area contributed by atoms with Gasteiger partial charge in [0.2, 0.25) is 5.91 Å². The second kappa shape index (κ2) is 8.04. The molecule has 0 spiro atoms. The zero-order valence-corrected chi connectivity index (χ0v) is 14.0. The molecule has 0 aliphatic carbocycles. The molecule has 1 aromatic carbocycles. The first kappa shape index (κ1) is 17.4. The Kier molecular flexibility index (Phi) is 6.36. The summed E-state index contributed by atoms with van der Waals surface area (Å²) >= 11 is 5.94. The van der Waals surface area contributed by atoms with E-state index < -0.39 is 0 Å². The van der Waals surface area contributed by atoms with Gasteiger partial charge in [-0.2, -0.15) is 0 Å². The Balaban J connectivity index is 0.00000176. The van der Waals surface area contributed by atoms with E-state index >= 15 is 0 Å². The molecule has 2 aliphatic rings.